The first-order chi connectivity index (χ1) is 13.8. The number of ketones is 1. The molecule has 0 unspecified atom stereocenters. The van der Waals surface area contributed by atoms with Crippen molar-refractivity contribution >= 4 is 28.5 Å². The standard InChI is InChI=1S/C23H20ClNO4/c1-14-9-18(12-20-21(14)25-23(27)29-20)22(26)19(10-15(2)24)11-16(3)28-13-17-7-5-4-6-8-17/h4-12H,2,13H2,1,3H3,(H,25,27)/b16-11+,19-10+. The second-order valence-electron chi connectivity index (χ2n) is 6.59. The zero-order valence-electron chi connectivity index (χ0n) is 16.1. The SMILES string of the molecule is C=C(Cl)/C=C(\C=C(/C)OCc1ccccc1)C(=O)c1cc(C)c2[nH]c(=O)oc2c1. The topological polar surface area (TPSA) is 72.3 Å². The monoisotopic (exact) mass is 409 g/mol. The molecular weight excluding hydrogens is 390 g/mol. The van der Waals surface area contributed by atoms with Crippen LogP contribution in [0.15, 0.2) is 86.8 Å². The number of H-pyrrole nitrogens is 1. The molecule has 0 atom stereocenters. The molecule has 6 heteroatoms. The number of aromatic amines is 1. The third-order valence-corrected chi connectivity index (χ3v) is 4.34. The van der Waals surface area contributed by atoms with Crippen molar-refractivity contribution in [2.45, 2.75) is 20.5 Å². The van der Waals surface area contributed by atoms with E-state index in [1.807, 2.05) is 30.3 Å². The Bertz CT molecular complexity index is 1180. The first-order valence-corrected chi connectivity index (χ1v) is 9.30. The van der Waals surface area contributed by atoms with Gasteiger partial charge < -0.3 is 9.15 Å². The first kappa shape index (κ1) is 20.4. The normalized spacial score (nSPS) is 12.2. The summed E-state index contributed by atoms with van der Waals surface area (Å²) in [5.41, 5.74) is 3.31. The van der Waals surface area contributed by atoms with Crippen molar-refractivity contribution in [3.63, 3.8) is 0 Å². The molecule has 0 aliphatic heterocycles. The minimum absolute atomic E-state index is 0.214. The molecular formula is C23H20ClNO4. The van der Waals surface area contributed by atoms with Gasteiger partial charge in [0.1, 0.15) is 6.61 Å². The predicted octanol–water partition coefficient (Wildman–Crippen LogP) is 5.41. The van der Waals surface area contributed by atoms with Gasteiger partial charge in [-0.25, -0.2) is 4.79 Å². The lowest BCUT2D eigenvalue weighted by atomic mass is 10.00. The zero-order valence-corrected chi connectivity index (χ0v) is 16.9. The third-order valence-electron chi connectivity index (χ3n) is 4.23. The number of halogens is 1. The van der Waals surface area contributed by atoms with Gasteiger partial charge >= 0.3 is 5.76 Å². The molecule has 3 aromatic rings. The lowest BCUT2D eigenvalue weighted by molar-refractivity contribution is 0.103. The summed E-state index contributed by atoms with van der Waals surface area (Å²) in [6.07, 6.45) is 3.09. The van der Waals surface area contributed by atoms with Gasteiger partial charge in [0.05, 0.1) is 11.3 Å². The molecule has 1 N–H and O–H groups in total. The van der Waals surface area contributed by atoms with E-state index < -0.39 is 5.76 Å². The van der Waals surface area contributed by atoms with E-state index in [1.165, 1.54) is 12.1 Å². The number of Topliss-reactive ketones (excluding diaryl/α,β-unsaturated/α-hetero) is 1. The predicted molar refractivity (Wildman–Crippen MR) is 114 cm³/mol. The van der Waals surface area contributed by atoms with Gasteiger partial charge in [0.15, 0.2) is 11.4 Å². The highest BCUT2D eigenvalue weighted by Crippen LogP contribution is 2.22. The number of ether oxygens (including phenoxy) is 1. The van der Waals surface area contributed by atoms with Crippen LogP contribution < -0.4 is 5.76 Å². The van der Waals surface area contributed by atoms with Crippen LogP contribution in [0.1, 0.15) is 28.4 Å². The molecule has 0 fully saturated rings. The number of hydrogen-bond acceptors (Lipinski definition) is 4. The molecule has 1 aromatic heterocycles. The number of oxazole rings is 1. The maximum atomic E-state index is 13.1. The van der Waals surface area contributed by atoms with E-state index in [4.69, 9.17) is 20.8 Å². The van der Waals surface area contributed by atoms with Crippen LogP contribution in [0.4, 0.5) is 0 Å². The molecule has 0 radical (unpaired) electrons. The number of carbonyl (C=O) groups excluding carboxylic acids is 1. The fourth-order valence-electron chi connectivity index (χ4n) is 2.89. The number of fused-ring (bicyclic) bond motifs is 1. The summed E-state index contributed by atoms with van der Waals surface area (Å²) in [5.74, 6) is -0.302. The number of hydrogen-bond donors (Lipinski definition) is 1. The van der Waals surface area contributed by atoms with Crippen LogP contribution in [-0.2, 0) is 11.3 Å². The molecule has 0 saturated carbocycles. The smallest absolute Gasteiger partial charge is 0.417 e. The number of rotatable bonds is 7. The highest BCUT2D eigenvalue weighted by Gasteiger charge is 2.15. The van der Waals surface area contributed by atoms with Crippen molar-refractivity contribution < 1.29 is 13.9 Å². The van der Waals surface area contributed by atoms with Gasteiger partial charge in [-0.1, -0.05) is 48.5 Å². The Morgan fingerprint density at radius 3 is 2.66 bits per heavy atom. The fourth-order valence-corrected chi connectivity index (χ4v) is 3.01. The van der Waals surface area contributed by atoms with E-state index in [1.54, 1.807) is 26.0 Å². The van der Waals surface area contributed by atoms with Gasteiger partial charge in [-0.2, -0.15) is 0 Å². The summed E-state index contributed by atoms with van der Waals surface area (Å²) in [7, 11) is 0. The molecule has 0 aliphatic rings. The lowest BCUT2D eigenvalue weighted by Gasteiger charge is -2.09. The van der Waals surface area contributed by atoms with Crippen LogP contribution >= 0.6 is 11.6 Å². The van der Waals surface area contributed by atoms with Crippen molar-refractivity contribution in [3.05, 3.63) is 105 Å². The van der Waals surface area contributed by atoms with Crippen LogP contribution in [0.2, 0.25) is 0 Å². The molecule has 1 heterocycles. The summed E-state index contributed by atoms with van der Waals surface area (Å²) in [5, 5.41) is 0.214. The van der Waals surface area contributed by atoms with Crippen LogP contribution in [0.25, 0.3) is 11.1 Å². The first-order valence-electron chi connectivity index (χ1n) is 8.93. The maximum absolute atomic E-state index is 13.1. The van der Waals surface area contributed by atoms with E-state index in [0.29, 0.717) is 34.6 Å². The minimum Gasteiger partial charge on any atom is -0.494 e. The van der Waals surface area contributed by atoms with Gasteiger partial charge in [0.2, 0.25) is 0 Å². The third kappa shape index (κ3) is 5.15. The second kappa shape index (κ2) is 8.80. The molecule has 0 aliphatic carbocycles. The molecule has 0 amide bonds. The minimum atomic E-state index is -0.567. The summed E-state index contributed by atoms with van der Waals surface area (Å²) < 4.78 is 10.9. The Morgan fingerprint density at radius 1 is 1.24 bits per heavy atom. The Kier molecular flexibility index (Phi) is 6.20. The van der Waals surface area contributed by atoms with E-state index in [9.17, 15) is 9.59 Å². The largest absolute Gasteiger partial charge is 0.494 e. The number of carbonyl (C=O) groups is 1. The van der Waals surface area contributed by atoms with Crippen molar-refractivity contribution in [2.75, 3.05) is 0 Å². The van der Waals surface area contributed by atoms with Gasteiger partial charge in [-0.05, 0) is 49.3 Å². The van der Waals surface area contributed by atoms with Crippen LogP contribution in [0.5, 0.6) is 0 Å². The van der Waals surface area contributed by atoms with Crippen molar-refractivity contribution in [2.24, 2.45) is 0 Å². The Morgan fingerprint density at radius 2 is 1.97 bits per heavy atom. The average molecular weight is 410 g/mol. The molecule has 0 spiro atoms. The van der Waals surface area contributed by atoms with Crippen molar-refractivity contribution in [1.29, 1.82) is 0 Å². The summed E-state index contributed by atoms with van der Waals surface area (Å²) >= 11 is 5.93. The Labute approximate surface area is 173 Å². The molecule has 29 heavy (non-hydrogen) atoms. The highest BCUT2D eigenvalue weighted by atomic mass is 35.5. The maximum Gasteiger partial charge on any atom is 0.417 e. The molecule has 148 valence electrons. The van der Waals surface area contributed by atoms with Crippen molar-refractivity contribution in [3.8, 4) is 0 Å². The van der Waals surface area contributed by atoms with Crippen LogP contribution in [0, 0.1) is 6.92 Å². The molecule has 3 rings (SSSR count). The fraction of sp³-hybridized carbons (Fsp3) is 0.130. The van der Waals surface area contributed by atoms with Crippen LogP contribution in [0.3, 0.4) is 0 Å². The molecule has 0 saturated heterocycles. The number of nitrogens with one attached hydrogen (secondary N) is 1. The van der Waals surface area contributed by atoms with E-state index in [-0.39, 0.29) is 10.8 Å². The average Bonchev–Trinajstić information content (AvgIpc) is 3.06. The highest BCUT2D eigenvalue weighted by molar-refractivity contribution is 6.31. The van der Waals surface area contributed by atoms with Gasteiger partial charge in [-0.15, -0.1) is 0 Å². The number of allylic oxidation sites excluding steroid dienone is 5. The Hall–Kier alpha value is -3.31. The zero-order chi connectivity index (χ0) is 21.0. The quantitative estimate of drug-likeness (QED) is 0.245. The van der Waals surface area contributed by atoms with E-state index in [0.717, 1.165) is 11.1 Å². The summed E-state index contributed by atoms with van der Waals surface area (Å²) in [4.78, 5) is 27.2. The molecule has 5 nitrogen and oxygen atoms in total. The van der Waals surface area contributed by atoms with Crippen LogP contribution in [-0.4, -0.2) is 10.8 Å². The second-order valence-corrected chi connectivity index (χ2v) is 7.07. The van der Waals surface area contributed by atoms with E-state index in [2.05, 4.69) is 11.6 Å². The lowest BCUT2D eigenvalue weighted by Crippen LogP contribution is -2.04. The summed E-state index contributed by atoms with van der Waals surface area (Å²) in [6.45, 7) is 7.58. The molecule has 2 aromatic carbocycles. The summed E-state index contributed by atoms with van der Waals surface area (Å²) in [6, 6.07) is 12.9. The number of aromatic nitrogens is 1. The van der Waals surface area contributed by atoms with Crippen molar-refractivity contribution in [1.82, 2.24) is 4.98 Å². The van der Waals surface area contributed by atoms with Gasteiger partial charge in [0, 0.05) is 16.2 Å². The number of benzene rings is 2. The Balaban J connectivity index is 1.89. The van der Waals surface area contributed by atoms with Gasteiger partial charge in [-0.3, -0.25) is 9.78 Å². The van der Waals surface area contributed by atoms with Gasteiger partial charge in [0.25, 0.3) is 0 Å². The molecule has 0 bridgehead atoms. The number of aryl methyl sites for hydroxylation is 1. The van der Waals surface area contributed by atoms with E-state index >= 15 is 0 Å².